The number of carbonyl (C=O) groups excluding carboxylic acids is 2. The maximum atomic E-state index is 10.2. The Balaban J connectivity index is 4.82. The maximum absolute atomic E-state index is 10.2. The van der Waals surface area contributed by atoms with E-state index in [2.05, 4.69) is 30.8 Å². The lowest BCUT2D eigenvalue weighted by Gasteiger charge is -2.32. The standard InChI is InChI=1S/C11H18N2O2/c1-5-6-11(3,4)9(2)10(12-7-14)13-8-15/h9-10H,5-6H2,1-4H3. The molecule has 4 nitrogen and oxygen atoms in total. The summed E-state index contributed by atoms with van der Waals surface area (Å²) < 4.78 is 0. The van der Waals surface area contributed by atoms with Gasteiger partial charge < -0.3 is 0 Å². The van der Waals surface area contributed by atoms with Crippen LogP contribution in [0.4, 0.5) is 0 Å². The van der Waals surface area contributed by atoms with Gasteiger partial charge in [-0.3, -0.25) is 0 Å². The van der Waals surface area contributed by atoms with Crippen molar-refractivity contribution in [1.82, 2.24) is 0 Å². The Morgan fingerprint density at radius 1 is 1.20 bits per heavy atom. The molecule has 15 heavy (non-hydrogen) atoms. The zero-order valence-electron chi connectivity index (χ0n) is 9.78. The first-order valence-electron chi connectivity index (χ1n) is 5.13. The Bertz CT molecular complexity index is 269. The molecule has 0 heterocycles. The van der Waals surface area contributed by atoms with Crippen molar-refractivity contribution in [3.8, 4) is 0 Å². The Kier molecular flexibility index (Phi) is 5.76. The second kappa shape index (κ2) is 6.28. The third-order valence-corrected chi connectivity index (χ3v) is 2.94. The van der Waals surface area contributed by atoms with Gasteiger partial charge in [-0.25, -0.2) is 9.59 Å². The summed E-state index contributed by atoms with van der Waals surface area (Å²) in [6.07, 6.45) is 4.28. The van der Waals surface area contributed by atoms with E-state index in [4.69, 9.17) is 0 Å². The van der Waals surface area contributed by atoms with Crippen molar-refractivity contribution in [1.29, 1.82) is 0 Å². The third-order valence-electron chi connectivity index (χ3n) is 2.94. The highest BCUT2D eigenvalue weighted by molar-refractivity contribution is 5.37. The van der Waals surface area contributed by atoms with Crippen LogP contribution in [-0.2, 0) is 9.59 Å². The molecule has 1 atom stereocenters. The van der Waals surface area contributed by atoms with Gasteiger partial charge in [0.25, 0.3) is 0 Å². The van der Waals surface area contributed by atoms with E-state index < -0.39 is 6.17 Å². The van der Waals surface area contributed by atoms with E-state index in [0.29, 0.717) is 0 Å². The van der Waals surface area contributed by atoms with Gasteiger partial charge in [-0.2, -0.15) is 9.98 Å². The minimum atomic E-state index is -0.651. The van der Waals surface area contributed by atoms with E-state index in [1.165, 1.54) is 12.2 Å². The van der Waals surface area contributed by atoms with Crippen LogP contribution in [0.3, 0.4) is 0 Å². The van der Waals surface area contributed by atoms with Gasteiger partial charge in [0.05, 0.1) is 0 Å². The average Bonchev–Trinajstić information content (AvgIpc) is 2.16. The summed E-state index contributed by atoms with van der Waals surface area (Å²) >= 11 is 0. The number of isocyanates is 2. The Hall–Kier alpha value is -1.24. The van der Waals surface area contributed by atoms with Crippen LogP contribution in [0.15, 0.2) is 9.98 Å². The monoisotopic (exact) mass is 210 g/mol. The van der Waals surface area contributed by atoms with Crippen LogP contribution in [-0.4, -0.2) is 18.3 Å². The van der Waals surface area contributed by atoms with Crippen LogP contribution >= 0.6 is 0 Å². The molecule has 0 bridgehead atoms. The molecule has 0 aliphatic heterocycles. The van der Waals surface area contributed by atoms with Crippen molar-refractivity contribution in [2.45, 2.75) is 46.7 Å². The molecule has 0 N–H and O–H groups in total. The second-order valence-corrected chi connectivity index (χ2v) is 4.38. The minimum Gasteiger partial charge on any atom is -0.211 e. The molecule has 0 aromatic rings. The molecule has 0 aromatic carbocycles. The van der Waals surface area contributed by atoms with Crippen LogP contribution in [0.25, 0.3) is 0 Å². The predicted octanol–water partition coefficient (Wildman–Crippen LogP) is 2.45. The molecule has 1 unspecified atom stereocenters. The van der Waals surface area contributed by atoms with Gasteiger partial charge in [0.1, 0.15) is 0 Å². The first-order valence-corrected chi connectivity index (χ1v) is 5.13. The lowest BCUT2D eigenvalue weighted by Crippen LogP contribution is -2.29. The first-order chi connectivity index (χ1) is 6.99. The molecule has 0 spiro atoms. The fourth-order valence-electron chi connectivity index (χ4n) is 1.64. The van der Waals surface area contributed by atoms with Crippen molar-refractivity contribution >= 4 is 12.2 Å². The molecule has 0 fully saturated rings. The van der Waals surface area contributed by atoms with E-state index in [1.807, 2.05) is 6.92 Å². The van der Waals surface area contributed by atoms with Gasteiger partial charge in [-0.15, -0.1) is 0 Å². The van der Waals surface area contributed by atoms with Crippen molar-refractivity contribution in [3.63, 3.8) is 0 Å². The Morgan fingerprint density at radius 3 is 2.00 bits per heavy atom. The number of rotatable bonds is 6. The van der Waals surface area contributed by atoms with Crippen LogP contribution in [0.5, 0.6) is 0 Å². The van der Waals surface area contributed by atoms with Gasteiger partial charge in [-0.05, 0) is 11.8 Å². The van der Waals surface area contributed by atoms with E-state index >= 15 is 0 Å². The minimum absolute atomic E-state index is 0.0138. The first kappa shape index (κ1) is 13.8. The van der Waals surface area contributed by atoms with Gasteiger partial charge in [0.2, 0.25) is 12.2 Å². The second-order valence-electron chi connectivity index (χ2n) is 4.38. The molecule has 0 saturated heterocycles. The molecule has 4 heteroatoms. The number of hydrogen-bond donors (Lipinski definition) is 0. The number of nitrogens with zero attached hydrogens (tertiary/aromatic N) is 2. The molecule has 0 aliphatic carbocycles. The fourth-order valence-corrected chi connectivity index (χ4v) is 1.64. The van der Waals surface area contributed by atoms with Crippen molar-refractivity contribution in [2.24, 2.45) is 21.3 Å². The summed E-state index contributed by atoms with van der Waals surface area (Å²) in [4.78, 5) is 27.5. The normalized spacial score (nSPS) is 14.7. The highest BCUT2D eigenvalue weighted by Crippen LogP contribution is 2.35. The third kappa shape index (κ3) is 4.20. The topological polar surface area (TPSA) is 58.9 Å². The summed E-state index contributed by atoms with van der Waals surface area (Å²) in [5.41, 5.74) is -0.0138. The SMILES string of the molecule is CCCC(C)(C)C(C)C(N=C=O)N=C=O. The smallest absolute Gasteiger partial charge is 0.211 e. The van der Waals surface area contributed by atoms with Crippen molar-refractivity contribution < 1.29 is 9.59 Å². The largest absolute Gasteiger partial charge is 0.237 e. The molecule has 0 aliphatic rings. The summed E-state index contributed by atoms with van der Waals surface area (Å²) in [6.45, 7) is 8.18. The maximum Gasteiger partial charge on any atom is 0.237 e. The van der Waals surface area contributed by atoms with Gasteiger partial charge in [-0.1, -0.05) is 34.1 Å². The summed E-state index contributed by atoms with van der Waals surface area (Å²) in [7, 11) is 0. The fraction of sp³-hybridized carbons (Fsp3) is 0.818. The van der Waals surface area contributed by atoms with Gasteiger partial charge in [0, 0.05) is 5.92 Å². The molecular formula is C11H18N2O2. The van der Waals surface area contributed by atoms with E-state index in [-0.39, 0.29) is 11.3 Å². The summed E-state index contributed by atoms with van der Waals surface area (Å²) in [6, 6.07) is 0. The van der Waals surface area contributed by atoms with E-state index in [9.17, 15) is 9.59 Å². The molecule has 0 radical (unpaired) electrons. The quantitative estimate of drug-likeness (QED) is 0.499. The van der Waals surface area contributed by atoms with E-state index in [0.717, 1.165) is 12.8 Å². The van der Waals surface area contributed by atoms with Crippen LogP contribution < -0.4 is 0 Å². The van der Waals surface area contributed by atoms with Crippen molar-refractivity contribution in [3.05, 3.63) is 0 Å². The molecule has 0 amide bonds. The Morgan fingerprint density at radius 2 is 1.67 bits per heavy atom. The Labute approximate surface area is 90.5 Å². The lowest BCUT2D eigenvalue weighted by molar-refractivity contribution is 0.182. The lowest BCUT2D eigenvalue weighted by atomic mass is 9.75. The summed E-state index contributed by atoms with van der Waals surface area (Å²) in [5.74, 6) is 0.0142. The highest BCUT2D eigenvalue weighted by Gasteiger charge is 2.31. The number of aliphatic imine (C=N–C) groups is 2. The van der Waals surface area contributed by atoms with Crippen LogP contribution in [0, 0.1) is 11.3 Å². The zero-order valence-corrected chi connectivity index (χ0v) is 9.78. The molecule has 0 rings (SSSR count). The van der Waals surface area contributed by atoms with Crippen LogP contribution in [0.2, 0.25) is 0 Å². The van der Waals surface area contributed by atoms with Crippen LogP contribution in [0.1, 0.15) is 40.5 Å². The van der Waals surface area contributed by atoms with E-state index in [1.54, 1.807) is 0 Å². The molecule has 0 aromatic heterocycles. The average molecular weight is 210 g/mol. The van der Waals surface area contributed by atoms with Gasteiger partial charge >= 0.3 is 0 Å². The molecular weight excluding hydrogens is 192 g/mol. The zero-order chi connectivity index (χ0) is 11.9. The predicted molar refractivity (Wildman–Crippen MR) is 57.9 cm³/mol. The van der Waals surface area contributed by atoms with Gasteiger partial charge in [0.15, 0.2) is 6.17 Å². The van der Waals surface area contributed by atoms with Crippen molar-refractivity contribution in [2.75, 3.05) is 0 Å². The number of hydrogen-bond acceptors (Lipinski definition) is 4. The highest BCUT2D eigenvalue weighted by atomic mass is 16.1. The molecule has 84 valence electrons. The summed E-state index contributed by atoms with van der Waals surface area (Å²) in [5, 5.41) is 0. The molecule has 0 saturated carbocycles.